The molecule has 560 valence electrons. The fourth-order valence-electron chi connectivity index (χ4n) is 13.9. The molecule has 2 saturated heterocycles. The molecule has 105 heavy (non-hydrogen) atoms. The van der Waals surface area contributed by atoms with Gasteiger partial charge in [0.2, 0.25) is 0 Å². The van der Waals surface area contributed by atoms with E-state index in [9.17, 15) is 46.1 Å². The molecule has 0 unspecified atom stereocenters. The van der Waals surface area contributed by atoms with Crippen molar-refractivity contribution in [2.24, 2.45) is 22.2 Å². The second-order valence-electron chi connectivity index (χ2n) is 30.0. The van der Waals surface area contributed by atoms with E-state index in [2.05, 4.69) is 86.5 Å². The molecule has 12 rings (SSSR count). The number of carbonyl (C=O) groups is 3. The minimum Gasteiger partial charge on any atom is -0.455 e. The first kappa shape index (κ1) is 81.7. The second-order valence-corrected chi connectivity index (χ2v) is 33.7. The molecule has 3 aliphatic carbocycles. The number of carbonyl (C=O) groups excluding carboxylic acids is 3. The number of hydrogen-bond donors (Lipinski definition) is 4. The number of pyridine rings is 1. The number of nitro benzene ring substituents is 1. The Balaban J connectivity index is 0.000000237. The first-order valence-corrected chi connectivity index (χ1v) is 38.2. The Labute approximate surface area is 632 Å². The van der Waals surface area contributed by atoms with Gasteiger partial charge in [-0.3, -0.25) is 29.4 Å². The number of aromatic amines is 1. The molecule has 0 bridgehead atoms. The van der Waals surface area contributed by atoms with Crippen LogP contribution in [0, 0.1) is 46.1 Å². The third-order valence-electron chi connectivity index (χ3n) is 20.1. The highest BCUT2D eigenvalue weighted by Crippen LogP contribution is 2.46. The van der Waals surface area contributed by atoms with Crippen LogP contribution >= 0.6 is 46.4 Å². The number of alkyl halides is 3. The Hall–Kier alpha value is -7.38. The first-order chi connectivity index (χ1) is 49.5. The number of hydrogen-bond acceptors (Lipinski definition) is 15. The molecule has 0 spiro atoms. The third-order valence-corrected chi connectivity index (χ3v) is 22.7. The van der Waals surface area contributed by atoms with E-state index in [1.54, 1.807) is 30.6 Å². The molecule has 4 N–H and O–H groups in total. The molecule has 2 fully saturated rings. The van der Waals surface area contributed by atoms with E-state index in [4.69, 9.17) is 65.9 Å². The molecule has 0 amide bonds. The van der Waals surface area contributed by atoms with E-state index in [-0.39, 0.29) is 54.8 Å². The number of aromatic nitrogens is 2. The highest BCUT2D eigenvalue weighted by molar-refractivity contribution is 7.92. The van der Waals surface area contributed by atoms with E-state index in [0.717, 1.165) is 177 Å². The SMILES string of the molecule is CC1(C)CCC(C=O)=C(Cl)C1.Cc1cc(Cl)ccc1C1=C(C=O)CCC(C)(C)C1.Cc1cc(Cl)ccc1C1=C(CN2CCN(c3ccc(C(=O)CS(=O)(=O)c4ccc(NCC5CCOCC5)c([N+](=O)[O-])c4)c(Oc4cnc5[nH]ccc5c4)c3)CC2)CCC(C)(C)C1.OB(O)c1ccc(Cl)cc1C(F)(F)F. The third kappa shape index (κ3) is 22.2. The van der Waals surface area contributed by atoms with Gasteiger partial charge in [0.15, 0.2) is 15.6 Å². The predicted molar refractivity (Wildman–Crippen MR) is 413 cm³/mol. The van der Waals surface area contributed by atoms with E-state index in [1.165, 1.54) is 45.5 Å². The van der Waals surface area contributed by atoms with Crippen molar-refractivity contribution in [3.63, 3.8) is 0 Å². The number of aldehydes is 2. The van der Waals surface area contributed by atoms with Crippen LogP contribution in [0.5, 0.6) is 11.5 Å². The standard InChI is InChI=1S/C47H53ClN6O7S.C16H19ClO.C9H13ClO.C7H5BClF3O2/c1-31-22-35(48)4-7-39(31)41-26-47(2,3)14-10-34(41)29-52-16-18-53(19-17-52)36-5-8-40(45(24-36)61-37-23-33-11-15-49-46(33)51-28-37)44(55)30-62(58,59)38-6-9-42(43(25-38)54(56)57)50-27-32-12-20-60-21-13-32;1-11-8-13(17)4-5-14(11)15-9-16(2,3)7-6-12(15)10-18;1-9(2)4-3-7(6-11)8(10)5-9;9-4-1-2-6(8(13)14)5(3-4)7(10,11)12/h4-9,11,15,22-25,28,32,50H,10,12-14,16-21,26-27,29-30H2,1-3H3,(H,49,51);4-5,8,10H,6-7,9H2,1-3H3;6H,3-5H2,1-2H3;1-3,13-14H. The number of benzene rings is 5. The number of rotatable bonds is 18. The summed E-state index contributed by atoms with van der Waals surface area (Å²) in [5, 5.41) is 35.5. The molecule has 2 aromatic heterocycles. The number of piperazine rings is 1. The van der Waals surface area contributed by atoms with Crippen LogP contribution in [-0.4, -0.2) is 122 Å². The normalized spacial score (nSPS) is 17.7. The molecule has 2 aliphatic heterocycles. The van der Waals surface area contributed by atoms with Crippen molar-refractivity contribution < 1.29 is 60.4 Å². The van der Waals surface area contributed by atoms with E-state index < -0.39 is 50.6 Å². The van der Waals surface area contributed by atoms with Crippen molar-refractivity contribution in [3.8, 4) is 11.5 Å². The fraction of sp³-hybridized carbons (Fsp3) is 0.418. The Bertz CT molecular complexity index is 4560. The second kappa shape index (κ2) is 35.1. The summed E-state index contributed by atoms with van der Waals surface area (Å²) in [6.07, 6.45) is 11.1. The monoisotopic (exact) mass is 1540 g/mol. The number of nitrogens with zero attached hydrogens (tertiary/aromatic N) is 4. The lowest BCUT2D eigenvalue weighted by Crippen LogP contribution is -2.47. The molecule has 26 heteroatoms. The Kier molecular flexibility index (Phi) is 27.3. The van der Waals surface area contributed by atoms with Gasteiger partial charge in [0.25, 0.3) is 5.69 Å². The minimum atomic E-state index is -4.65. The maximum atomic E-state index is 14.0. The number of sulfone groups is 1. The van der Waals surface area contributed by atoms with Crippen LogP contribution in [0.15, 0.2) is 142 Å². The van der Waals surface area contributed by atoms with Crippen molar-refractivity contribution in [3.05, 3.63) is 196 Å². The summed E-state index contributed by atoms with van der Waals surface area (Å²) >= 11 is 23.6. The minimum absolute atomic E-state index is 0.0755. The lowest BCUT2D eigenvalue weighted by atomic mass is 9.72. The zero-order valence-electron chi connectivity index (χ0n) is 60.3. The van der Waals surface area contributed by atoms with Gasteiger partial charge in [-0.15, -0.1) is 0 Å². The largest absolute Gasteiger partial charge is 0.489 e. The summed E-state index contributed by atoms with van der Waals surface area (Å²) in [7, 11) is -6.47. The molecular weight excluding hydrogens is 1450 g/mol. The zero-order chi connectivity index (χ0) is 76.3. The molecule has 0 atom stereocenters. The van der Waals surface area contributed by atoms with Gasteiger partial charge in [0, 0.05) is 108 Å². The van der Waals surface area contributed by atoms with E-state index in [0.29, 0.717) is 37.2 Å². The molecule has 7 aromatic rings. The number of ether oxygens (including phenoxy) is 2. The fourth-order valence-corrected chi connectivity index (χ4v) is 16.2. The number of Topliss-reactive ketones (excluding diaryl/α,β-unsaturated/α-hetero) is 1. The van der Waals surface area contributed by atoms with Crippen molar-refractivity contribution in [1.82, 2.24) is 14.9 Å². The highest BCUT2D eigenvalue weighted by Gasteiger charge is 2.37. The van der Waals surface area contributed by atoms with Crippen LogP contribution in [0.2, 0.25) is 15.1 Å². The Morgan fingerprint density at radius 1 is 0.762 bits per heavy atom. The average Bonchev–Trinajstić information content (AvgIpc) is 1.14. The molecule has 0 radical (unpaired) electrons. The first-order valence-electron chi connectivity index (χ1n) is 35.1. The molecule has 17 nitrogen and oxygen atoms in total. The van der Waals surface area contributed by atoms with Gasteiger partial charge in [-0.2, -0.15) is 13.2 Å². The lowest BCUT2D eigenvalue weighted by molar-refractivity contribution is -0.384. The van der Waals surface area contributed by atoms with Crippen LogP contribution in [0.1, 0.15) is 150 Å². The number of ketones is 1. The van der Waals surface area contributed by atoms with Gasteiger partial charge >= 0.3 is 13.3 Å². The van der Waals surface area contributed by atoms with Crippen LogP contribution < -0.4 is 20.4 Å². The number of H-pyrrole nitrogens is 1. The van der Waals surface area contributed by atoms with Gasteiger partial charge in [0.1, 0.15) is 41.2 Å². The summed E-state index contributed by atoms with van der Waals surface area (Å²) in [6.45, 7) is 23.6. The topological polar surface area (TPSA) is 235 Å². The Morgan fingerprint density at radius 3 is 1.95 bits per heavy atom. The summed E-state index contributed by atoms with van der Waals surface area (Å²) in [5.41, 5.74) is 11.1. The van der Waals surface area contributed by atoms with Gasteiger partial charge < -0.3 is 34.7 Å². The number of aryl methyl sites for hydroxylation is 2. The Morgan fingerprint density at radius 2 is 1.35 bits per heavy atom. The maximum absolute atomic E-state index is 14.0. The molecule has 0 saturated carbocycles. The van der Waals surface area contributed by atoms with Crippen LogP contribution in [-0.2, 0) is 30.3 Å². The van der Waals surface area contributed by atoms with Crippen LogP contribution in [0.4, 0.5) is 30.2 Å². The molecule has 5 aromatic carbocycles. The predicted octanol–water partition coefficient (Wildman–Crippen LogP) is 18.2. The van der Waals surface area contributed by atoms with Crippen molar-refractivity contribution >= 4 is 126 Å². The van der Waals surface area contributed by atoms with Gasteiger partial charge in [-0.25, -0.2) is 13.4 Å². The van der Waals surface area contributed by atoms with Gasteiger partial charge in [0.05, 0.1) is 27.1 Å². The summed E-state index contributed by atoms with van der Waals surface area (Å²) in [4.78, 5) is 59.2. The van der Waals surface area contributed by atoms with E-state index in [1.807, 2.05) is 42.5 Å². The number of anilines is 2. The van der Waals surface area contributed by atoms with Crippen molar-refractivity contribution in [2.45, 2.75) is 137 Å². The summed E-state index contributed by atoms with van der Waals surface area (Å²) in [6, 6.07) is 27.5. The zero-order valence-corrected chi connectivity index (χ0v) is 64.2. The van der Waals surface area contributed by atoms with Gasteiger partial charge in [-0.1, -0.05) is 112 Å². The van der Waals surface area contributed by atoms with Crippen LogP contribution in [0.3, 0.4) is 0 Å². The number of nitro groups is 1. The average molecular weight is 1540 g/mol. The van der Waals surface area contributed by atoms with Crippen molar-refractivity contribution in [2.75, 3.05) is 68.5 Å². The number of halogens is 7. The van der Waals surface area contributed by atoms with E-state index >= 15 is 0 Å². The highest BCUT2D eigenvalue weighted by atomic mass is 35.5. The van der Waals surface area contributed by atoms with Gasteiger partial charge in [-0.05, 0) is 224 Å². The number of nitrogens with one attached hydrogen (secondary N) is 2. The number of allylic oxidation sites excluding steroid dienone is 5. The maximum Gasteiger partial charge on any atom is 0.489 e. The smallest absolute Gasteiger partial charge is 0.455 e. The summed E-state index contributed by atoms with van der Waals surface area (Å²) in [5.74, 6) is -0.752. The molecule has 4 heterocycles. The van der Waals surface area contributed by atoms with Crippen LogP contribution in [0.25, 0.3) is 22.2 Å². The lowest BCUT2D eigenvalue weighted by Gasteiger charge is -2.39. The molecule has 5 aliphatic rings. The van der Waals surface area contributed by atoms with Crippen molar-refractivity contribution in [1.29, 1.82) is 0 Å². The molecular formula is C79H90BCl4F3N6O11S. The quantitative estimate of drug-likeness (QED) is 0.0206. The summed E-state index contributed by atoms with van der Waals surface area (Å²) < 4.78 is 76.3. The number of fused-ring (bicyclic) bond motifs is 1.